The van der Waals surface area contributed by atoms with Crippen LogP contribution in [0.2, 0.25) is 0 Å². The number of fused-ring (bicyclic) bond motifs is 1. The van der Waals surface area contributed by atoms with Crippen LogP contribution in [0.3, 0.4) is 0 Å². The van der Waals surface area contributed by atoms with Gasteiger partial charge in [0, 0.05) is 120 Å². The molecule has 0 bridgehead atoms. The summed E-state index contributed by atoms with van der Waals surface area (Å²) >= 11 is 2.24. The molecular formula is C71H100IN11O21. The number of benzene rings is 3. The highest BCUT2D eigenvalue weighted by Crippen LogP contribution is 2.31. The van der Waals surface area contributed by atoms with Gasteiger partial charge in [-0.15, -0.1) is 0 Å². The molecule has 0 radical (unpaired) electrons. The van der Waals surface area contributed by atoms with Crippen LogP contribution in [0.25, 0.3) is 10.8 Å². The summed E-state index contributed by atoms with van der Waals surface area (Å²) < 4.78 is 1.13. The normalized spacial score (nSPS) is 16.2. The molecule has 11 N–H and O–H groups in total. The fourth-order valence-electron chi connectivity index (χ4n) is 11.7. The predicted molar refractivity (Wildman–Crippen MR) is 381 cm³/mol. The van der Waals surface area contributed by atoms with Gasteiger partial charge in [0.25, 0.3) is 0 Å². The van der Waals surface area contributed by atoms with E-state index in [1.165, 1.54) is 0 Å². The Labute approximate surface area is 617 Å². The van der Waals surface area contributed by atoms with E-state index in [4.69, 9.17) is 33.9 Å². The lowest BCUT2D eigenvalue weighted by Gasteiger charge is -2.31. The Morgan fingerprint density at radius 3 is 1.61 bits per heavy atom. The van der Waals surface area contributed by atoms with Crippen molar-refractivity contribution in [3.63, 3.8) is 0 Å². The van der Waals surface area contributed by atoms with Crippen molar-refractivity contribution in [2.24, 2.45) is 17.8 Å². The van der Waals surface area contributed by atoms with Gasteiger partial charge < -0.3 is 67.4 Å². The van der Waals surface area contributed by atoms with Gasteiger partial charge in [0.2, 0.25) is 29.5 Å². The first-order valence-electron chi connectivity index (χ1n) is 34.6. The van der Waals surface area contributed by atoms with E-state index in [2.05, 4.69) is 69.6 Å². The maximum absolute atomic E-state index is 14.1. The molecule has 7 amide bonds. The van der Waals surface area contributed by atoms with Crippen LogP contribution in [0, 0.1) is 21.3 Å². The van der Waals surface area contributed by atoms with Crippen molar-refractivity contribution < 1.29 is 102 Å². The number of nitrogens with one attached hydrogen (secondary N) is 7. The Hall–Kier alpha value is -9.20. The van der Waals surface area contributed by atoms with Crippen LogP contribution in [0.5, 0.6) is 0 Å². The van der Waals surface area contributed by atoms with E-state index in [0.717, 1.165) is 45.0 Å². The Kier molecular flexibility index (Phi) is 46.8. The molecule has 572 valence electrons. The highest BCUT2D eigenvalue weighted by Gasteiger charge is 2.32. The number of rotatable bonds is 39. The zero-order valence-electron chi connectivity index (χ0n) is 59.0. The van der Waals surface area contributed by atoms with E-state index in [-0.39, 0.29) is 106 Å². The Morgan fingerprint density at radius 1 is 0.490 bits per heavy atom. The van der Waals surface area contributed by atoms with Crippen molar-refractivity contribution in [2.45, 2.75) is 140 Å². The minimum Gasteiger partial charge on any atom is -0.481 e. The molecule has 4 unspecified atom stereocenters. The van der Waals surface area contributed by atoms with E-state index in [1.807, 2.05) is 90.6 Å². The van der Waals surface area contributed by atoms with E-state index >= 15 is 0 Å². The molecule has 1 heterocycles. The molecule has 104 heavy (non-hydrogen) atoms. The second-order valence-electron chi connectivity index (χ2n) is 25.5. The predicted octanol–water partition coefficient (Wildman–Crippen LogP) is 2.35. The number of ketones is 1. The zero-order valence-corrected chi connectivity index (χ0v) is 61.2. The molecule has 1 aliphatic carbocycles. The number of carbonyl (C=O) groups excluding carboxylic acids is 13. The number of likely N-dealkylation sites (N-methyl/N-ethyl adjacent to an activating group) is 2. The van der Waals surface area contributed by atoms with Gasteiger partial charge in [-0.25, -0.2) is 14.4 Å². The van der Waals surface area contributed by atoms with Crippen molar-refractivity contribution in [2.75, 3.05) is 106 Å². The number of halogens is 1. The molecule has 3 aromatic carbocycles. The molecule has 4 atom stereocenters. The van der Waals surface area contributed by atoms with Gasteiger partial charge in [0.05, 0.1) is 13.1 Å². The fourth-order valence-corrected chi connectivity index (χ4v) is 12.0. The minimum absolute atomic E-state index is 0.0184. The standard InChI is InChI=1S/C68H100IN11O15.3CO2/c1-77-33-34-78(2)36-38-80(46-63(87)88)40-39-79(37-35-77)45-61(84)74-55(65(90)75-56(66(91)92)14-6-9-30-70-59(82)15-10-11-47-19-24-54(69)25-20-47)26-28-60(83)73-44-48-16-22-51(23-17-48)58(81)43-53(42-49-18-21-50-12-4-5-13-52(50)41-49)64(89)71-31-7-3-8-32-72-68(95)76-57(67(93)94)27-29-62(85)86;3*2-1-3/h4-5,12-13,18-21,24-25,41,48,51,53,55-57H,3,6-11,14-17,22-23,26-40,42-46H2,1-2H3,(H,70,82)(H,71,89)(H,73,83)(H,74,84)(H,75,90)(H,85,86)(H,87,88)(H,91,92)(H,93,94)(H2,72,76,95);;;. The SMILES string of the molecule is CN1CCN(C)CCN(CC(=O)NC(CCC(=O)NCC2CCC(C(=O)CC(Cc3ccc4ccccc4c3)C(=O)NCCCCCNC(=O)NC(CCC(=O)O)C(=O)O)CC2)C(=O)NC(CCCCNC(=O)CCCc2ccc(I)cc2)C(=O)O)CCN(CC(=O)O)CC1.O=C=O.O=C=O.O=C=O. The quantitative estimate of drug-likeness (QED) is 0.0288. The average molecular weight is 1570 g/mol. The first-order chi connectivity index (χ1) is 49.7. The summed E-state index contributed by atoms with van der Waals surface area (Å²) in [7, 11) is 3.97. The van der Waals surface area contributed by atoms with Gasteiger partial charge in [0.15, 0.2) is 0 Å². The minimum atomic E-state index is -1.35. The first kappa shape index (κ1) is 90.9. The summed E-state index contributed by atoms with van der Waals surface area (Å²) in [6.45, 7) is 5.27. The average Bonchev–Trinajstić information content (AvgIpc) is 0.837. The maximum atomic E-state index is 14.1. The number of carboxylic acid groups (broad SMARTS) is 4. The summed E-state index contributed by atoms with van der Waals surface area (Å²) in [5, 5.41) is 59.3. The first-order valence-corrected chi connectivity index (χ1v) is 35.7. The highest BCUT2D eigenvalue weighted by molar-refractivity contribution is 14.1. The van der Waals surface area contributed by atoms with Crippen LogP contribution >= 0.6 is 22.6 Å². The van der Waals surface area contributed by atoms with Crippen molar-refractivity contribution in [3.05, 3.63) is 81.4 Å². The number of carbonyl (C=O) groups is 11. The van der Waals surface area contributed by atoms with Gasteiger partial charge in [-0.1, -0.05) is 54.6 Å². The number of unbranched alkanes of at least 4 members (excludes halogenated alkanes) is 3. The summed E-state index contributed by atoms with van der Waals surface area (Å²) in [4.78, 5) is 198. The third-order valence-corrected chi connectivity index (χ3v) is 18.3. The van der Waals surface area contributed by atoms with Crippen molar-refractivity contribution >= 4 is 117 Å². The number of carboxylic acids is 4. The van der Waals surface area contributed by atoms with Crippen molar-refractivity contribution in [3.8, 4) is 0 Å². The lowest BCUT2D eigenvalue weighted by molar-refractivity contribution is -0.193. The Bertz CT molecular complexity index is 3270. The Balaban J connectivity index is 0.00000387. The monoisotopic (exact) mass is 1570 g/mol. The van der Waals surface area contributed by atoms with Crippen LogP contribution in [-0.2, 0) is 89.6 Å². The summed E-state index contributed by atoms with van der Waals surface area (Å²) in [6.07, 6.45) is 6.81. The van der Waals surface area contributed by atoms with Crippen LogP contribution in [0.4, 0.5) is 4.79 Å². The molecular weight excluding hydrogens is 1470 g/mol. The molecule has 33 heteroatoms. The molecule has 5 rings (SSSR count). The number of nitrogens with zero attached hydrogens (tertiary/aromatic N) is 4. The third-order valence-electron chi connectivity index (χ3n) is 17.6. The number of hydrogen-bond donors (Lipinski definition) is 11. The second-order valence-corrected chi connectivity index (χ2v) is 26.8. The fraction of sp³-hybridized carbons (Fsp3) is 0.577. The lowest BCUT2D eigenvalue weighted by Crippen LogP contribution is -2.54. The number of urea groups is 1. The maximum Gasteiger partial charge on any atom is 0.373 e. The third kappa shape index (κ3) is 41.2. The van der Waals surface area contributed by atoms with Crippen LogP contribution in [0.15, 0.2) is 66.7 Å². The van der Waals surface area contributed by atoms with E-state index < -0.39 is 72.2 Å². The number of Topliss-reactive ketones (excluding diaryl/α,β-unsaturated/α-hetero) is 1. The van der Waals surface area contributed by atoms with E-state index in [1.54, 1.807) is 0 Å². The Morgan fingerprint density at radius 2 is 1.01 bits per heavy atom. The van der Waals surface area contributed by atoms with Crippen molar-refractivity contribution in [1.29, 1.82) is 0 Å². The van der Waals surface area contributed by atoms with Gasteiger partial charge in [-0.05, 0) is 173 Å². The number of hydrogen-bond acceptors (Lipinski definition) is 21. The zero-order chi connectivity index (χ0) is 77.2. The molecule has 2 fully saturated rings. The molecule has 1 saturated carbocycles. The molecule has 0 spiro atoms. The van der Waals surface area contributed by atoms with Gasteiger partial charge >= 0.3 is 48.4 Å². The molecule has 1 aliphatic heterocycles. The second kappa shape index (κ2) is 53.6. The van der Waals surface area contributed by atoms with Crippen LogP contribution in [-0.4, -0.2) is 248 Å². The lowest BCUT2D eigenvalue weighted by atomic mass is 9.77. The molecule has 3 aromatic rings. The van der Waals surface area contributed by atoms with Crippen LogP contribution in [0.1, 0.15) is 120 Å². The van der Waals surface area contributed by atoms with E-state index in [9.17, 15) is 68.1 Å². The summed E-state index contributed by atoms with van der Waals surface area (Å²) in [6, 6.07) is 17.3. The van der Waals surface area contributed by atoms with Gasteiger partial charge in [-0.3, -0.25) is 48.2 Å². The summed E-state index contributed by atoms with van der Waals surface area (Å²) in [5.41, 5.74) is 2.05. The van der Waals surface area contributed by atoms with Gasteiger partial charge in [-0.2, -0.15) is 28.8 Å². The van der Waals surface area contributed by atoms with Crippen LogP contribution < -0.4 is 37.2 Å². The number of aryl methyl sites for hydroxylation is 1. The molecule has 2 aliphatic rings. The largest absolute Gasteiger partial charge is 0.481 e. The highest BCUT2D eigenvalue weighted by atomic mass is 127. The van der Waals surface area contributed by atoms with E-state index in [0.29, 0.717) is 136 Å². The molecule has 0 aromatic heterocycles. The molecule has 32 nitrogen and oxygen atoms in total. The number of aliphatic carboxylic acids is 4. The van der Waals surface area contributed by atoms with Crippen molar-refractivity contribution in [1.82, 2.24) is 56.8 Å². The topological polar surface area (TPSA) is 468 Å². The summed E-state index contributed by atoms with van der Waals surface area (Å²) in [5.74, 6) is -7.76. The smallest absolute Gasteiger partial charge is 0.373 e. The number of amides is 7. The molecule has 1 saturated heterocycles. The van der Waals surface area contributed by atoms with Gasteiger partial charge in [0.1, 0.15) is 23.9 Å².